The summed E-state index contributed by atoms with van der Waals surface area (Å²) in [6.45, 7) is 9.72. The van der Waals surface area contributed by atoms with E-state index >= 15 is 0 Å². The maximum Gasteiger partial charge on any atom is 0.189 e. The summed E-state index contributed by atoms with van der Waals surface area (Å²) in [5, 5.41) is 0. The molecule has 0 amide bonds. The molecule has 4 rings (SSSR count). The van der Waals surface area contributed by atoms with Crippen LogP contribution in [0.5, 0.6) is 0 Å². The Hall–Kier alpha value is -0.340. The Bertz CT molecular complexity index is 482. The highest BCUT2D eigenvalue weighted by atomic mass is 16.8. The number of fused-ring (bicyclic) bond motifs is 2. The molecule has 124 valence electrons. The van der Waals surface area contributed by atoms with E-state index in [1.165, 1.54) is 32.1 Å². The van der Waals surface area contributed by atoms with Gasteiger partial charge in [-0.3, -0.25) is 0 Å². The number of hydrogen-bond donors (Lipinski definition) is 0. The van der Waals surface area contributed by atoms with E-state index in [0.29, 0.717) is 5.41 Å². The van der Waals surface area contributed by atoms with Crippen LogP contribution in [-0.4, -0.2) is 17.5 Å². The SMILES string of the molecule is C[C@@H]1CC[C@@H]2C1C[C@@H]1O[C@]3(C=CCCC3)O[C@]1(C)CC2(C)C. The predicted molar refractivity (Wildman–Crippen MR) is 88.5 cm³/mol. The van der Waals surface area contributed by atoms with Gasteiger partial charge in [-0.25, -0.2) is 0 Å². The van der Waals surface area contributed by atoms with Crippen LogP contribution in [0.2, 0.25) is 0 Å². The molecule has 0 bridgehead atoms. The lowest BCUT2D eigenvalue weighted by atomic mass is 9.69. The highest BCUT2D eigenvalue weighted by Gasteiger charge is 2.60. The first-order valence-electron chi connectivity index (χ1n) is 9.39. The average Bonchev–Trinajstić information content (AvgIpc) is 2.88. The second-order valence-electron chi connectivity index (χ2n) is 9.35. The number of rotatable bonds is 0. The van der Waals surface area contributed by atoms with Crippen molar-refractivity contribution < 1.29 is 9.47 Å². The van der Waals surface area contributed by atoms with Crippen LogP contribution in [0.1, 0.15) is 72.6 Å². The van der Waals surface area contributed by atoms with Crippen LogP contribution >= 0.6 is 0 Å². The molecule has 2 nitrogen and oxygen atoms in total. The Balaban J connectivity index is 1.67. The zero-order chi connectivity index (χ0) is 15.6. The van der Waals surface area contributed by atoms with Gasteiger partial charge < -0.3 is 9.47 Å². The zero-order valence-corrected chi connectivity index (χ0v) is 14.7. The topological polar surface area (TPSA) is 18.5 Å². The quantitative estimate of drug-likeness (QED) is 0.581. The molecular weight excluding hydrogens is 272 g/mol. The molecule has 22 heavy (non-hydrogen) atoms. The highest BCUT2D eigenvalue weighted by molar-refractivity contribution is 5.11. The van der Waals surface area contributed by atoms with Gasteiger partial charge >= 0.3 is 0 Å². The fraction of sp³-hybridized carbons (Fsp3) is 0.900. The minimum absolute atomic E-state index is 0.116. The molecule has 1 saturated heterocycles. The molecule has 4 aliphatic rings. The molecule has 1 spiro atoms. The summed E-state index contributed by atoms with van der Waals surface area (Å²) in [5.74, 6) is 2.08. The van der Waals surface area contributed by atoms with E-state index in [2.05, 4.69) is 39.8 Å². The van der Waals surface area contributed by atoms with E-state index in [1.807, 2.05) is 0 Å². The van der Waals surface area contributed by atoms with Crippen molar-refractivity contribution in [2.24, 2.45) is 23.2 Å². The van der Waals surface area contributed by atoms with Crippen LogP contribution in [0.4, 0.5) is 0 Å². The maximum atomic E-state index is 6.69. The first kappa shape index (κ1) is 15.2. The van der Waals surface area contributed by atoms with Gasteiger partial charge in [0.1, 0.15) is 0 Å². The van der Waals surface area contributed by atoms with Crippen molar-refractivity contribution in [3.63, 3.8) is 0 Å². The average molecular weight is 304 g/mol. The molecule has 0 N–H and O–H groups in total. The third kappa shape index (κ3) is 2.21. The monoisotopic (exact) mass is 304 g/mol. The third-order valence-corrected chi connectivity index (χ3v) is 7.17. The fourth-order valence-electron chi connectivity index (χ4n) is 6.21. The van der Waals surface area contributed by atoms with Crippen molar-refractivity contribution in [2.45, 2.75) is 90.1 Å². The Kier molecular flexibility index (Phi) is 3.34. The van der Waals surface area contributed by atoms with Gasteiger partial charge in [0.05, 0.1) is 11.7 Å². The van der Waals surface area contributed by atoms with Crippen LogP contribution in [-0.2, 0) is 9.47 Å². The van der Waals surface area contributed by atoms with Gasteiger partial charge in [0.25, 0.3) is 0 Å². The molecule has 1 unspecified atom stereocenters. The Morgan fingerprint density at radius 2 is 1.95 bits per heavy atom. The van der Waals surface area contributed by atoms with Gasteiger partial charge in [-0.2, -0.15) is 0 Å². The summed E-state index contributed by atoms with van der Waals surface area (Å²) in [6.07, 6.45) is 13.2. The molecule has 3 fully saturated rings. The van der Waals surface area contributed by atoms with Gasteiger partial charge in [0, 0.05) is 6.42 Å². The van der Waals surface area contributed by atoms with Crippen LogP contribution in [0, 0.1) is 23.2 Å². The smallest absolute Gasteiger partial charge is 0.189 e. The summed E-state index contributed by atoms with van der Waals surface area (Å²) in [7, 11) is 0. The van der Waals surface area contributed by atoms with E-state index in [0.717, 1.165) is 30.6 Å². The molecule has 3 aliphatic carbocycles. The van der Waals surface area contributed by atoms with Crippen LogP contribution < -0.4 is 0 Å². The van der Waals surface area contributed by atoms with Crippen molar-refractivity contribution in [1.82, 2.24) is 0 Å². The van der Waals surface area contributed by atoms with Crippen LogP contribution in [0.25, 0.3) is 0 Å². The van der Waals surface area contributed by atoms with Crippen molar-refractivity contribution in [1.29, 1.82) is 0 Å². The van der Waals surface area contributed by atoms with Crippen LogP contribution in [0.3, 0.4) is 0 Å². The Morgan fingerprint density at radius 3 is 2.68 bits per heavy atom. The van der Waals surface area contributed by atoms with Gasteiger partial charge in [-0.05, 0) is 68.3 Å². The summed E-state index contributed by atoms with van der Waals surface area (Å²) in [4.78, 5) is 0. The van der Waals surface area contributed by atoms with E-state index in [1.54, 1.807) is 0 Å². The van der Waals surface area contributed by atoms with Crippen LogP contribution in [0.15, 0.2) is 12.2 Å². The van der Waals surface area contributed by atoms with E-state index in [-0.39, 0.29) is 11.7 Å². The minimum atomic E-state index is -0.414. The summed E-state index contributed by atoms with van der Waals surface area (Å²) < 4.78 is 13.3. The molecule has 0 aromatic heterocycles. The van der Waals surface area contributed by atoms with Crippen molar-refractivity contribution >= 4 is 0 Å². The lowest BCUT2D eigenvalue weighted by Crippen LogP contribution is -2.41. The minimum Gasteiger partial charge on any atom is -0.340 e. The molecule has 1 heterocycles. The second kappa shape index (κ2) is 4.83. The molecule has 0 aromatic carbocycles. The first-order chi connectivity index (χ1) is 10.3. The van der Waals surface area contributed by atoms with Gasteiger partial charge in [0.15, 0.2) is 5.79 Å². The summed E-state index contributed by atoms with van der Waals surface area (Å²) in [5.41, 5.74) is 0.238. The van der Waals surface area contributed by atoms with Gasteiger partial charge in [-0.15, -0.1) is 0 Å². The molecule has 1 aliphatic heterocycles. The highest BCUT2D eigenvalue weighted by Crippen LogP contribution is 2.59. The molecule has 2 saturated carbocycles. The predicted octanol–water partition coefficient (Wildman–Crippen LogP) is 5.08. The fourth-order valence-corrected chi connectivity index (χ4v) is 6.21. The maximum absolute atomic E-state index is 6.69. The Morgan fingerprint density at radius 1 is 1.14 bits per heavy atom. The molecular formula is C20H32O2. The summed E-state index contributed by atoms with van der Waals surface area (Å²) in [6, 6.07) is 0. The van der Waals surface area contributed by atoms with Crippen molar-refractivity contribution in [3.8, 4) is 0 Å². The first-order valence-corrected chi connectivity index (χ1v) is 9.39. The second-order valence-corrected chi connectivity index (χ2v) is 9.35. The number of ether oxygens (including phenoxy) is 2. The van der Waals surface area contributed by atoms with Crippen molar-refractivity contribution in [3.05, 3.63) is 12.2 Å². The number of allylic oxidation sites excluding steroid dienone is 1. The lowest BCUT2D eigenvalue weighted by Gasteiger charge is -2.39. The van der Waals surface area contributed by atoms with Gasteiger partial charge in [0.2, 0.25) is 0 Å². The third-order valence-electron chi connectivity index (χ3n) is 7.17. The van der Waals surface area contributed by atoms with Crippen molar-refractivity contribution in [2.75, 3.05) is 0 Å². The number of hydrogen-bond acceptors (Lipinski definition) is 2. The zero-order valence-electron chi connectivity index (χ0n) is 14.7. The summed E-state index contributed by atoms with van der Waals surface area (Å²) >= 11 is 0. The lowest BCUT2D eigenvalue weighted by molar-refractivity contribution is -0.168. The normalized spacial score (nSPS) is 53.3. The van der Waals surface area contributed by atoms with E-state index in [9.17, 15) is 0 Å². The van der Waals surface area contributed by atoms with E-state index < -0.39 is 5.79 Å². The molecule has 0 aromatic rings. The Labute approximate surface area is 135 Å². The largest absolute Gasteiger partial charge is 0.340 e. The van der Waals surface area contributed by atoms with Gasteiger partial charge in [-0.1, -0.05) is 33.3 Å². The molecule has 0 radical (unpaired) electrons. The standard InChI is InChI=1S/C20H32O2/c1-14-8-9-16-15(14)12-17-19(4,13-18(16,2)3)22-20(21-17)10-6-5-7-11-20/h6,10,14-17H,5,7-9,11-13H2,1-4H3/t14-,15?,16-,17+,19-,20-/m1/s1. The molecule has 6 atom stereocenters. The van der Waals surface area contributed by atoms with E-state index in [4.69, 9.17) is 9.47 Å². The molecule has 2 heteroatoms.